The molecule has 2 heterocycles. The lowest BCUT2D eigenvalue weighted by molar-refractivity contribution is 0.193. The van der Waals surface area contributed by atoms with Gasteiger partial charge in [-0.25, -0.2) is 0 Å². The van der Waals surface area contributed by atoms with Gasteiger partial charge in [0, 0.05) is 24.7 Å². The number of piperidine rings is 1. The number of nitrogens with one attached hydrogen (secondary N) is 1. The highest BCUT2D eigenvalue weighted by atomic mass is 16.5. The van der Waals surface area contributed by atoms with Crippen LogP contribution in [0.15, 0.2) is 18.2 Å². The number of benzene rings is 1. The first-order valence-electron chi connectivity index (χ1n) is 7.89. The molecule has 0 unspecified atom stereocenters. The Balaban J connectivity index is 1.67. The molecule has 0 radical (unpaired) electrons. The third-order valence-electron chi connectivity index (χ3n) is 5.07. The van der Waals surface area contributed by atoms with Crippen molar-refractivity contribution in [1.82, 2.24) is 10.2 Å². The van der Waals surface area contributed by atoms with Crippen molar-refractivity contribution >= 4 is 0 Å². The van der Waals surface area contributed by atoms with Crippen molar-refractivity contribution in [3.63, 3.8) is 0 Å². The van der Waals surface area contributed by atoms with E-state index < -0.39 is 0 Å². The van der Waals surface area contributed by atoms with Gasteiger partial charge in [0.1, 0.15) is 11.5 Å². The summed E-state index contributed by atoms with van der Waals surface area (Å²) >= 11 is 0. The number of ether oxygens (including phenoxy) is 2. The Morgan fingerprint density at radius 1 is 1.14 bits per heavy atom. The van der Waals surface area contributed by atoms with E-state index in [0.29, 0.717) is 5.41 Å². The summed E-state index contributed by atoms with van der Waals surface area (Å²) in [6.45, 7) is 5.76. The standard InChI is InChI=1S/C17H26N2O2/c1-20-15-4-3-14(16(11-15)21-2)12-19-10-7-17(13-19)5-8-18-9-6-17/h3-4,11,18H,5-10,12-13H2,1-2H3. The second-order valence-corrected chi connectivity index (χ2v) is 6.39. The molecule has 2 aliphatic rings. The maximum atomic E-state index is 5.52. The minimum Gasteiger partial charge on any atom is -0.497 e. The molecule has 0 aliphatic carbocycles. The Bertz CT molecular complexity index is 484. The molecule has 21 heavy (non-hydrogen) atoms. The quantitative estimate of drug-likeness (QED) is 0.922. The highest BCUT2D eigenvalue weighted by Gasteiger charge is 2.38. The zero-order valence-electron chi connectivity index (χ0n) is 13.2. The first kappa shape index (κ1) is 14.7. The SMILES string of the molecule is COc1ccc(CN2CCC3(CCNCC3)C2)c(OC)c1. The van der Waals surface area contributed by atoms with E-state index >= 15 is 0 Å². The molecule has 4 nitrogen and oxygen atoms in total. The Morgan fingerprint density at radius 2 is 1.95 bits per heavy atom. The van der Waals surface area contributed by atoms with Crippen LogP contribution in [0.25, 0.3) is 0 Å². The van der Waals surface area contributed by atoms with Gasteiger partial charge in [-0.15, -0.1) is 0 Å². The van der Waals surface area contributed by atoms with Crippen LogP contribution in [0, 0.1) is 5.41 Å². The fourth-order valence-electron chi connectivity index (χ4n) is 3.75. The van der Waals surface area contributed by atoms with E-state index in [1.54, 1.807) is 14.2 Å². The largest absolute Gasteiger partial charge is 0.497 e. The van der Waals surface area contributed by atoms with Crippen molar-refractivity contribution < 1.29 is 9.47 Å². The second kappa shape index (κ2) is 6.24. The van der Waals surface area contributed by atoms with Gasteiger partial charge in [-0.05, 0) is 50.4 Å². The maximum Gasteiger partial charge on any atom is 0.127 e. The fraction of sp³-hybridized carbons (Fsp3) is 0.647. The molecule has 0 aromatic heterocycles. The zero-order valence-corrected chi connectivity index (χ0v) is 13.2. The molecule has 1 N–H and O–H groups in total. The van der Waals surface area contributed by atoms with Gasteiger partial charge in [0.05, 0.1) is 14.2 Å². The van der Waals surface area contributed by atoms with Gasteiger partial charge in [0.25, 0.3) is 0 Å². The lowest BCUT2D eigenvalue weighted by atomic mass is 9.78. The maximum absolute atomic E-state index is 5.52. The monoisotopic (exact) mass is 290 g/mol. The van der Waals surface area contributed by atoms with Crippen molar-refractivity contribution in [1.29, 1.82) is 0 Å². The normalized spacial score (nSPS) is 21.6. The molecule has 0 amide bonds. The van der Waals surface area contributed by atoms with Gasteiger partial charge < -0.3 is 14.8 Å². The van der Waals surface area contributed by atoms with Crippen LogP contribution in [-0.4, -0.2) is 45.3 Å². The predicted octanol–water partition coefficient (Wildman–Crippen LogP) is 2.28. The highest BCUT2D eigenvalue weighted by Crippen LogP contribution is 2.39. The highest BCUT2D eigenvalue weighted by molar-refractivity contribution is 5.40. The van der Waals surface area contributed by atoms with Crippen LogP contribution in [0.5, 0.6) is 11.5 Å². The lowest BCUT2D eigenvalue weighted by Gasteiger charge is -2.34. The predicted molar refractivity (Wildman–Crippen MR) is 84.0 cm³/mol. The molecule has 2 aliphatic heterocycles. The molecule has 116 valence electrons. The number of rotatable bonds is 4. The van der Waals surface area contributed by atoms with Crippen LogP contribution < -0.4 is 14.8 Å². The molecule has 2 saturated heterocycles. The summed E-state index contributed by atoms with van der Waals surface area (Å²) in [5, 5.41) is 3.48. The van der Waals surface area contributed by atoms with Gasteiger partial charge >= 0.3 is 0 Å². The fourth-order valence-corrected chi connectivity index (χ4v) is 3.75. The number of hydrogen-bond donors (Lipinski definition) is 1. The van der Waals surface area contributed by atoms with Crippen molar-refractivity contribution in [3.05, 3.63) is 23.8 Å². The summed E-state index contributed by atoms with van der Waals surface area (Å²) in [5.41, 5.74) is 1.81. The average Bonchev–Trinajstić information content (AvgIpc) is 2.90. The number of likely N-dealkylation sites (tertiary alicyclic amines) is 1. The van der Waals surface area contributed by atoms with Gasteiger partial charge in [-0.3, -0.25) is 4.90 Å². The summed E-state index contributed by atoms with van der Waals surface area (Å²) < 4.78 is 10.8. The van der Waals surface area contributed by atoms with Gasteiger partial charge in [-0.2, -0.15) is 0 Å². The smallest absolute Gasteiger partial charge is 0.127 e. The van der Waals surface area contributed by atoms with Crippen LogP contribution in [0.4, 0.5) is 0 Å². The Hall–Kier alpha value is -1.26. The van der Waals surface area contributed by atoms with Crippen molar-refractivity contribution in [3.8, 4) is 11.5 Å². The molecular weight excluding hydrogens is 264 g/mol. The number of hydrogen-bond acceptors (Lipinski definition) is 4. The molecular formula is C17H26N2O2. The van der Waals surface area contributed by atoms with Gasteiger partial charge in [-0.1, -0.05) is 6.07 Å². The van der Waals surface area contributed by atoms with Crippen LogP contribution in [0.2, 0.25) is 0 Å². The van der Waals surface area contributed by atoms with E-state index in [-0.39, 0.29) is 0 Å². The van der Waals surface area contributed by atoms with Crippen molar-refractivity contribution in [2.75, 3.05) is 40.4 Å². The summed E-state index contributed by atoms with van der Waals surface area (Å²) in [6.07, 6.45) is 3.99. The van der Waals surface area contributed by atoms with E-state index in [1.165, 1.54) is 51.0 Å². The Kier molecular flexibility index (Phi) is 4.36. The van der Waals surface area contributed by atoms with Crippen molar-refractivity contribution in [2.24, 2.45) is 5.41 Å². The number of methoxy groups -OCH3 is 2. The first-order chi connectivity index (χ1) is 10.2. The van der Waals surface area contributed by atoms with E-state index in [2.05, 4.69) is 16.3 Å². The first-order valence-corrected chi connectivity index (χ1v) is 7.89. The molecule has 0 atom stereocenters. The topological polar surface area (TPSA) is 33.7 Å². The van der Waals surface area contributed by atoms with Crippen LogP contribution >= 0.6 is 0 Å². The third-order valence-corrected chi connectivity index (χ3v) is 5.07. The minimum absolute atomic E-state index is 0.560. The summed E-state index contributed by atoms with van der Waals surface area (Å²) in [5.74, 6) is 1.78. The molecule has 0 saturated carbocycles. The van der Waals surface area contributed by atoms with E-state index in [4.69, 9.17) is 9.47 Å². The van der Waals surface area contributed by atoms with E-state index in [1.807, 2.05) is 12.1 Å². The Labute approximate surface area is 127 Å². The molecule has 4 heteroatoms. The average molecular weight is 290 g/mol. The summed E-state index contributed by atoms with van der Waals surface area (Å²) in [6, 6.07) is 6.13. The van der Waals surface area contributed by atoms with Crippen LogP contribution in [0.3, 0.4) is 0 Å². The molecule has 3 rings (SSSR count). The molecule has 2 fully saturated rings. The van der Waals surface area contributed by atoms with Gasteiger partial charge in [0.15, 0.2) is 0 Å². The summed E-state index contributed by atoms with van der Waals surface area (Å²) in [7, 11) is 3.42. The lowest BCUT2D eigenvalue weighted by Crippen LogP contribution is -2.38. The zero-order chi connectivity index (χ0) is 14.7. The minimum atomic E-state index is 0.560. The summed E-state index contributed by atoms with van der Waals surface area (Å²) in [4.78, 5) is 2.58. The van der Waals surface area contributed by atoms with Crippen LogP contribution in [0.1, 0.15) is 24.8 Å². The third kappa shape index (κ3) is 3.16. The van der Waals surface area contributed by atoms with E-state index in [0.717, 1.165) is 18.0 Å². The van der Waals surface area contributed by atoms with Gasteiger partial charge in [0.2, 0.25) is 0 Å². The molecule has 1 aromatic rings. The molecule has 1 aromatic carbocycles. The van der Waals surface area contributed by atoms with Crippen LogP contribution in [-0.2, 0) is 6.54 Å². The number of nitrogens with zero attached hydrogens (tertiary/aromatic N) is 1. The van der Waals surface area contributed by atoms with E-state index in [9.17, 15) is 0 Å². The van der Waals surface area contributed by atoms with Crippen molar-refractivity contribution in [2.45, 2.75) is 25.8 Å². The second-order valence-electron chi connectivity index (χ2n) is 6.39. The molecule has 0 bridgehead atoms. The Morgan fingerprint density at radius 3 is 2.67 bits per heavy atom. The molecule has 1 spiro atoms.